The number of carbonyl (C=O) groups excluding carboxylic acids is 1. The number of likely N-dealkylation sites (tertiary alicyclic amines) is 1. The van der Waals surface area contributed by atoms with E-state index < -0.39 is 10.0 Å². The Morgan fingerprint density at radius 3 is 2.02 bits per heavy atom. The Hall–Kier alpha value is -3.34. The molecular formula is C32H40ClFN4O4S. The number of carbonyl (C=O) groups is 1. The predicted molar refractivity (Wildman–Crippen MR) is 171 cm³/mol. The van der Waals surface area contributed by atoms with Gasteiger partial charge in [0.2, 0.25) is 10.0 Å². The van der Waals surface area contributed by atoms with Crippen LogP contribution in [0.15, 0.2) is 72.8 Å². The van der Waals surface area contributed by atoms with Crippen LogP contribution in [0.1, 0.15) is 44.1 Å². The first kappa shape index (κ1) is 32.6. The third kappa shape index (κ3) is 9.84. The minimum atomic E-state index is -3.32. The van der Waals surface area contributed by atoms with Crippen LogP contribution in [0.4, 0.5) is 20.6 Å². The Morgan fingerprint density at radius 1 is 0.884 bits per heavy atom. The molecule has 2 fully saturated rings. The van der Waals surface area contributed by atoms with Crippen molar-refractivity contribution in [1.29, 1.82) is 0 Å². The molecule has 3 aromatic rings. The maximum Gasteiger partial charge on any atom is 0.322 e. The van der Waals surface area contributed by atoms with Crippen LogP contribution in [-0.4, -0.2) is 56.2 Å². The predicted octanol–water partition coefficient (Wildman–Crippen LogP) is 7.10. The highest BCUT2D eigenvalue weighted by molar-refractivity contribution is 7.92. The molecule has 0 aromatic heterocycles. The van der Waals surface area contributed by atoms with Gasteiger partial charge in [-0.1, -0.05) is 25.0 Å². The molecule has 3 aromatic carbocycles. The first-order valence-electron chi connectivity index (χ1n) is 14.6. The Morgan fingerprint density at radius 2 is 1.44 bits per heavy atom. The molecule has 0 bridgehead atoms. The fourth-order valence-corrected chi connectivity index (χ4v) is 6.41. The summed E-state index contributed by atoms with van der Waals surface area (Å²) in [6.07, 6.45) is 7.74. The Kier molecular flexibility index (Phi) is 11.3. The number of hydrogen-bond acceptors (Lipinski definition) is 5. The van der Waals surface area contributed by atoms with Crippen LogP contribution >= 0.6 is 12.4 Å². The van der Waals surface area contributed by atoms with E-state index in [4.69, 9.17) is 4.74 Å². The largest absolute Gasteiger partial charge is 0.457 e. The molecule has 1 aliphatic heterocycles. The fourth-order valence-electron chi connectivity index (χ4n) is 5.85. The van der Waals surface area contributed by atoms with Crippen LogP contribution < -0.4 is 14.8 Å². The smallest absolute Gasteiger partial charge is 0.322 e. The highest BCUT2D eigenvalue weighted by Gasteiger charge is 2.31. The summed E-state index contributed by atoms with van der Waals surface area (Å²) < 4.78 is 44.5. The van der Waals surface area contributed by atoms with Crippen molar-refractivity contribution in [3.63, 3.8) is 0 Å². The van der Waals surface area contributed by atoms with Gasteiger partial charge in [-0.05, 0) is 97.8 Å². The zero-order chi connectivity index (χ0) is 29.5. The quantitative estimate of drug-likeness (QED) is 0.249. The Labute approximate surface area is 260 Å². The fraction of sp³-hybridized carbons (Fsp3) is 0.406. The Balaban J connectivity index is 0.00000423. The Bertz CT molecular complexity index is 1430. The minimum absolute atomic E-state index is 0. The van der Waals surface area contributed by atoms with Crippen molar-refractivity contribution in [1.82, 2.24) is 9.80 Å². The maximum absolute atomic E-state index is 13.4. The number of ether oxygens (including phenoxy) is 1. The average molecular weight is 631 g/mol. The zero-order valence-electron chi connectivity index (χ0n) is 24.4. The van der Waals surface area contributed by atoms with Gasteiger partial charge in [-0.3, -0.25) is 9.62 Å². The van der Waals surface area contributed by atoms with E-state index in [2.05, 4.69) is 27.1 Å². The monoisotopic (exact) mass is 630 g/mol. The summed E-state index contributed by atoms with van der Waals surface area (Å²) in [6.45, 7) is 3.41. The summed E-state index contributed by atoms with van der Waals surface area (Å²) in [4.78, 5) is 17.8. The SMILES string of the molecule is CS(=O)(=O)Nc1ccc(Oc2ccc(CN3CCC(N(CC4CCCC4)C(=O)Nc4ccc(F)cc4)CC3)cc2)cc1.Cl. The standard InChI is InChI=1S/C32H39FN4O4S.ClH/c1-42(39,40)35-28-12-16-31(17-13-28)41-30-14-6-25(7-15-30)22-36-20-18-29(19-21-36)37(23-24-4-2-3-5-24)32(38)34-27-10-8-26(33)9-11-27;/h6-17,24,29,35H,2-5,18-23H2,1H3,(H,34,38);1H. The van der Waals surface area contributed by atoms with Gasteiger partial charge in [0, 0.05) is 43.6 Å². The van der Waals surface area contributed by atoms with Crippen LogP contribution in [0.3, 0.4) is 0 Å². The molecule has 2 N–H and O–H groups in total. The average Bonchev–Trinajstić information content (AvgIpc) is 3.48. The van der Waals surface area contributed by atoms with Crippen LogP contribution in [0.25, 0.3) is 0 Å². The van der Waals surface area contributed by atoms with Gasteiger partial charge in [-0.15, -0.1) is 12.4 Å². The van der Waals surface area contributed by atoms with Crippen molar-refractivity contribution in [2.24, 2.45) is 5.92 Å². The normalized spacial score (nSPS) is 16.3. The number of nitrogens with one attached hydrogen (secondary N) is 2. The molecule has 0 radical (unpaired) electrons. The number of benzene rings is 3. The molecule has 11 heteroatoms. The summed E-state index contributed by atoms with van der Waals surface area (Å²) >= 11 is 0. The van der Waals surface area contributed by atoms with E-state index in [0.717, 1.165) is 45.3 Å². The van der Waals surface area contributed by atoms with Crippen molar-refractivity contribution in [3.05, 3.63) is 84.2 Å². The number of sulfonamides is 1. The third-order valence-electron chi connectivity index (χ3n) is 8.01. The number of hydrogen-bond donors (Lipinski definition) is 2. The zero-order valence-corrected chi connectivity index (χ0v) is 26.0. The first-order valence-corrected chi connectivity index (χ1v) is 16.5. The van der Waals surface area contributed by atoms with Crippen LogP contribution in [-0.2, 0) is 16.6 Å². The van der Waals surface area contributed by atoms with Crippen molar-refractivity contribution < 1.29 is 22.3 Å². The molecule has 1 aliphatic carbocycles. The molecule has 8 nitrogen and oxygen atoms in total. The second kappa shape index (κ2) is 14.9. The summed E-state index contributed by atoms with van der Waals surface area (Å²) in [5.74, 6) is 1.55. The summed E-state index contributed by atoms with van der Waals surface area (Å²) in [5.41, 5.74) is 2.29. The number of urea groups is 1. The maximum atomic E-state index is 13.4. The van der Waals surface area contributed by atoms with Crippen LogP contribution in [0.2, 0.25) is 0 Å². The number of rotatable bonds is 10. The molecule has 5 rings (SSSR count). The molecule has 232 valence electrons. The molecule has 1 heterocycles. The van der Waals surface area contributed by atoms with Gasteiger partial charge in [0.15, 0.2) is 0 Å². The lowest BCUT2D eigenvalue weighted by Crippen LogP contribution is -2.50. The van der Waals surface area contributed by atoms with E-state index in [1.807, 2.05) is 17.0 Å². The second-order valence-electron chi connectivity index (χ2n) is 11.4. The molecule has 0 unspecified atom stereocenters. The van der Waals surface area contributed by atoms with Crippen molar-refractivity contribution in [2.75, 3.05) is 35.9 Å². The van der Waals surface area contributed by atoms with Crippen molar-refractivity contribution in [3.8, 4) is 11.5 Å². The van der Waals surface area contributed by atoms with Gasteiger partial charge in [0.1, 0.15) is 17.3 Å². The van der Waals surface area contributed by atoms with Gasteiger partial charge in [-0.2, -0.15) is 0 Å². The lowest BCUT2D eigenvalue weighted by Gasteiger charge is -2.39. The molecule has 0 spiro atoms. The van der Waals surface area contributed by atoms with E-state index in [1.165, 1.54) is 43.4 Å². The van der Waals surface area contributed by atoms with Gasteiger partial charge < -0.3 is 15.0 Å². The van der Waals surface area contributed by atoms with E-state index >= 15 is 0 Å². The second-order valence-corrected chi connectivity index (χ2v) is 13.1. The molecule has 0 atom stereocenters. The highest BCUT2D eigenvalue weighted by Crippen LogP contribution is 2.29. The number of amides is 2. The van der Waals surface area contributed by atoms with Crippen molar-refractivity contribution >= 4 is 39.8 Å². The third-order valence-corrected chi connectivity index (χ3v) is 8.61. The van der Waals surface area contributed by atoms with E-state index in [9.17, 15) is 17.6 Å². The summed E-state index contributed by atoms with van der Waals surface area (Å²) in [6, 6.07) is 20.8. The van der Waals surface area contributed by atoms with Gasteiger partial charge in [0.05, 0.1) is 6.26 Å². The minimum Gasteiger partial charge on any atom is -0.457 e. The lowest BCUT2D eigenvalue weighted by atomic mass is 10.00. The number of nitrogens with zero attached hydrogens (tertiary/aromatic N) is 2. The summed E-state index contributed by atoms with van der Waals surface area (Å²) in [5, 5.41) is 2.99. The lowest BCUT2D eigenvalue weighted by molar-refractivity contribution is 0.114. The van der Waals surface area contributed by atoms with Gasteiger partial charge in [0.25, 0.3) is 0 Å². The van der Waals surface area contributed by atoms with Gasteiger partial charge >= 0.3 is 6.03 Å². The van der Waals surface area contributed by atoms with Crippen LogP contribution in [0, 0.1) is 11.7 Å². The number of piperidine rings is 1. The van der Waals surface area contributed by atoms with Crippen LogP contribution in [0.5, 0.6) is 11.5 Å². The van der Waals surface area contributed by atoms with Gasteiger partial charge in [-0.25, -0.2) is 17.6 Å². The molecule has 1 saturated carbocycles. The molecule has 43 heavy (non-hydrogen) atoms. The van der Waals surface area contributed by atoms with Crippen molar-refractivity contribution in [2.45, 2.75) is 51.1 Å². The molecule has 1 saturated heterocycles. The highest BCUT2D eigenvalue weighted by atomic mass is 35.5. The number of halogens is 2. The molecular weight excluding hydrogens is 591 g/mol. The number of anilines is 2. The topological polar surface area (TPSA) is 91.0 Å². The van der Waals surface area contributed by atoms with E-state index in [0.29, 0.717) is 28.8 Å². The first-order chi connectivity index (χ1) is 20.2. The summed E-state index contributed by atoms with van der Waals surface area (Å²) in [7, 11) is -3.32. The van der Waals surface area contributed by atoms with E-state index in [-0.39, 0.29) is 30.3 Å². The van der Waals surface area contributed by atoms with E-state index in [1.54, 1.807) is 36.4 Å². The molecule has 2 amide bonds. The molecule has 2 aliphatic rings.